The van der Waals surface area contributed by atoms with Gasteiger partial charge in [-0.15, -0.1) is 0 Å². The van der Waals surface area contributed by atoms with Crippen molar-refractivity contribution in [2.24, 2.45) is 5.92 Å². The molecule has 0 heterocycles. The zero-order valence-corrected chi connectivity index (χ0v) is 28.4. The van der Waals surface area contributed by atoms with Crippen LogP contribution in [-0.4, -0.2) is 50.9 Å². The van der Waals surface area contributed by atoms with Gasteiger partial charge in [-0.25, -0.2) is 8.42 Å². The first-order valence-corrected chi connectivity index (χ1v) is 16.9. The normalized spacial score (nSPS) is 12.1. The van der Waals surface area contributed by atoms with Gasteiger partial charge in [0.15, 0.2) is 0 Å². The van der Waals surface area contributed by atoms with Crippen LogP contribution in [0.3, 0.4) is 0 Å². The van der Waals surface area contributed by atoms with Crippen LogP contribution >= 0.6 is 39.1 Å². The molecule has 0 spiro atoms. The number of hydrogen-bond donors (Lipinski definition) is 1. The van der Waals surface area contributed by atoms with Crippen LogP contribution in [-0.2, 0) is 26.2 Å². The Hall–Kier alpha value is -2.79. The maximum absolute atomic E-state index is 14.2. The van der Waals surface area contributed by atoms with Crippen LogP contribution in [0.1, 0.15) is 39.7 Å². The van der Waals surface area contributed by atoms with Crippen molar-refractivity contribution in [1.29, 1.82) is 0 Å². The molecule has 0 fully saturated rings. The average Bonchev–Trinajstić information content (AvgIpc) is 2.97. The van der Waals surface area contributed by atoms with Crippen molar-refractivity contribution in [3.05, 3.63) is 86.8 Å². The molecular weight excluding hydrogens is 677 g/mol. The fraction of sp³-hybridized carbons (Fsp3) is 0.355. The number of hydrogen-bond acceptors (Lipinski definition) is 5. The molecular formula is C31H36BrCl2N3O5S. The van der Waals surface area contributed by atoms with Gasteiger partial charge in [-0.05, 0) is 85.5 Å². The Bertz CT molecular complexity index is 1500. The Balaban J connectivity index is 2.06. The van der Waals surface area contributed by atoms with Crippen LogP contribution in [0.5, 0.6) is 5.75 Å². The molecule has 0 radical (unpaired) electrons. The molecule has 0 saturated heterocycles. The first-order valence-electron chi connectivity index (χ1n) is 13.9. The zero-order chi connectivity index (χ0) is 31.7. The molecule has 3 aromatic rings. The molecule has 232 valence electrons. The Kier molecular flexibility index (Phi) is 12.7. The molecule has 0 saturated carbocycles. The van der Waals surface area contributed by atoms with E-state index in [1.165, 1.54) is 17.0 Å². The topological polar surface area (TPSA) is 96.0 Å². The van der Waals surface area contributed by atoms with Crippen molar-refractivity contribution in [3.63, 3.8) is 0 Å². The minimum absolute atomic E-state index is 0.00938. The summed E-state index contributed by atoms with van der Waals surface area (Å²) in [6.07, 6.45) is 0.305. The van der Waals surface area contributed by atoms with E-state index in [0.29, 0.717) is 45.4 Å². The molecule has 0 unspecified atom stereocenters. The van der Waals surface area contributed by atoms with Crippen molar-refractivity contribution >= 4 is 66.7 Å². The minimum Gasteiger partial charge on any atom is -0.494 e. The summed E-state index contributed by atoms with van der Waals surface area (Å²) in [5.74, 6) is -0.125. The molecule has 43 heavy (non-hydrogen) atoms. The highest BCUT2D eigenvalue weighted by atomic mass is 79.9. The number of carbonyl (C=O) groups excluding carboxylic acids is 2. The molecule has 12 heteroatoms. The highest BCUT2D eigenvalue weighted by Gasteiger charge is 2.33. The standard InChI is InChI=1S/C31H36BrCl2N3O5S/c1-5-29(31(39)35-18-21(3)4)36(19-22-7-16-27(33)28(34)17-22)30(38)20-37(24-10-12-25(13-11-24)42-6-2)43(40,41)26-14-8-23(32)9-15-26/h7-17,21,29H,5-6,18-20H2,1-4H3,(H,35,39)/t29-/m1/s1. The first-order chi connectivity index (χ1) is 20.4. The lowest BCUT2D eigenvalue weighted by Crippen LogP contribution is -2.52. The second-order valence-electron chi connectivity index (χ2n) is 10.2. The molecule has 3 aromatic carbocycles. The monoisotopic (exact) mass is 711 g/mol. The largest absolute Gasteiger partial charge is 0.494 e. The van der Waals surface area contributed by atoms with Gasteiger partial charge in [-0.3, -0.25) is 13.9 Å². The lowest BCUT2D eigenvalue weighted by atomic mass is 10.1. The summed E-state index contributed by atoms with van der Waals surface area (Å²) in [5.41, 5.74) is 0.910. The fourth-order valence-corrected chi connectivity index (χ4v) is 6.31. The van der Waals surface area contributed by atoms with Crippen LogP contribution in [0.25, 0.3) is 0 Å². The molecule has 0 aliphatic carbocycles. The number of ether oxygens (including phenoxy) is 1. The predicted molar refractivity (Wildman–Crippen MR) is 175 cm³/mol. The average molecular weight is 714 g/mol. The third-order valence-corrected chi connectivity index (χ3v) is 9.58. The highest BCUT2D eigenvalue weighted by Crippen LogP contribution is 2.28. The third-order valence-electron chi connectivity index (χ3n) is 6.52. The van der Waals surface area contributed by atoms with Gasteiger partial charge in [-0.2, -0.15) is 0 Å². The predicted octanol–water partition coefficient (Wildman–Crippen LogP) is 6.93. The van der Waals surface area contributed by atoms with Gasteiger partial charge in [0.25, 0.3) is 10.0 Å². The summed E-state index contributed by atoms with van der Waals surface area (Å²) in [4.78, 5) is 28.9. The summed E-state index contributed by atoms with van der Waals surface area (Å²) >= 11 is 15.7. The van der Waals surface area contributed by atoms with Crippen molar-refractivity contribution < 1.29 is 22.7 Å². The number of halogens is 3. The maximum atomic E-state index is 14.2. The van der Waals surface area contributed by atoms with E-state index in [1.807, 2.05) is 20.8 Å². The number of nitrogens with zero attached hydrogens (tertiary/aromatic N) is 2. The van der Waals surface area contributed by atoms with Crippen LogP contribution in [0, 0.1) is 5.92 Å². The van der Waals surface area contributed by atoms with E-state index in [4.69, 9.17) is 27.9 Å². The highest BCUT2D eigenvalue weighted by molar-refractivity contribution is 9.10. The third kappa shape index (κ3) is 9.35. The number of carbonyl (C=O) groups is 2. The molecule has 3 rings (SSSR count). The van der Waals surface area contributed by atoms with E-state index in [2.05, 4.69) is 21.2 Å². The van der Waals surface area contributed by atoms with E-state index >= 15 is 0 Å². The lowest BCUT2D eigenvalue weighted by Gasteiger charge is -2.33. The zero-order valence-electron chi connectivity index (χ0n) is 24.5. The molecule has 0 aliphatic heterocycles. The summed E-state index contributed by atoms with van der Waals surface area (Å²) in [7, 11) is -4.20. The summed E-state index contributed by atoms with van der Waals surface area (Å²) in [6, 6.07) is 16.7. The second-order valence-corrected chi connectivity index (χ2v) is 13.8. The van der Waals surface area contributed by atoms with Crippen LogP contribution in [0.15, 0.2) is 76.1 Å². The molecule has 8 nitrogen and oxygen atoms in total. The molecule has 0 aromatic heterocycles. The van der Waals surface area contributed by atoms with Crippen molar-refractivity contribution in [2.75, 3.05) is 24.0 Å². The first kappa shape index (κ1) is 34.7. The second kappa shape index (κ2) is 15.8. The van der Waals surface area contributed by atoms with E-state index in [1.54, 1.807) is 61.5 Å². The van der Waals surface area contributed by atoms with E-state index < -0.39 is 28.5 Å². The number of benzene rings is 3. The van der Waals surface area contributed by atoms with Crippen LogP contribution in [0.4, 0.5) is 5.69 Å². The summed E-state index contributed by atoms with van der Waals surface area (Å²) < 4.78 is 35.3. The molecule has 2 amide bonds. The number of anilines is 1. The van der Waals surface area contributed by atoms with E-state index in [9.17, 15) is 18.0 Å². The maximum Gasteiger partial charge on any atom is 0.264 e. The van der Waals surface area contributed by atoms with Crippen molar-refractivity contribution in [3.8, 4) is 5.75 Å². The number of amides is 2. The molecule has 1 atom stereocenters. The van der Waals surface area contributed by atoms with Crippen molar-refractivity contribution in [2.45, 2.75) is 51.6 Å². The molecule has 0 aliphatic rings. The van der Waals surface area contributed by atoms with E-state index in [0.717, 1.165) is 4.31 Å². The van der Waals surface area contributed by atoms with Gasteiger partial charge in [0, 0.05) is 17.6 Å². The summed E-state index contributed by atoms with van der Waals surface area (Å²) in [6.45, 7) is 7.93. The Morgan fingerprint density at radius 1 is 0.953 bits per heavy atom. The van der Waals surface area contributed by atoms with Gasteiger partial charge < -0.3 is 15.0 Å². The molecule has 1 N–H and O–H groups in total. The van der Waals surface area contributed by atoms with Crippen LogP contribution in [0.2, 0.25) is 10.0 Å². The van der Waals surface area contributed by atoms with Gasteiger partial charge >= 0.3 is 0 Å². The Morgan fingerprint density at radius 3 is 2.16 bits per heavy atom. The smallest absolute Gasteiger partial charge is 0.264 e. The van der Waals surface area contributed by atoms with Crippen molar-refractivity contribution in [1.82, 2.24) is 10.2 Å². The molecule has 0 bridgehead atoms. The number of rotatable bonds is 14. The van der Waals surface area contributed by atoms with Gasteiger partial charge in [-0.1, -0.05) is 66.0 Å². The Labute approximate surface area is 272 Å². The Morgan fingerprint density at radius 2 is 1.60 bits per heavy atom. The van der Waals surface area contributed by atoms with Gasteiger partial charge in [0.05, 0.1) is 27.2 Å². The fourth-order valence-electron chi connectivity index (χ4n) is 4.31. The number of nitrogens with one attached hydrogen (secondary N) is 1. The lowest BCUT2D eigenvalue weighted by molar-refractivity contribution is -0.140. The van der Waals surface area contributed by atoms with Gasteiger partial charge in [0.1, 0.15) is 18.3 Å². The van der Waals surface area contributed by atoms with Crippen LogP contribution < -0.4 is 14.4 Å². The minimum atomic E-state index is -4.20. The quantitative estimate of drug-likeness (QED) is 0.196. The SMILES string of the molecule is CCOc1ccc(N(CC(=O)N(Cc2ccc(Cl)c(Cl)c2)[C@H](CC)C(=O)NCC(C)C)S(=O)(=O)c2ccc(Br)cc2)cc1. The van der Waals surface area contributed by atoms with E-state index in [-0.39, 0.29) is 29.0 Å². The number of sulfonamides is 1. The summed E-state index contributed by atoms with van der Waals surface area (Å²) in [5, 5.41) is 3.57. The van der Waals surface area contributed by atoms with Gasteiger partial charge in [0.2, 0.25) is 11.8 Å².